The van der Waals surface area contributed by atoms with Crippen molar-refractivity contribution in [2.75, 3.05) is 13.1 Å². The first-order valence-electron chi connectivity index (χ1n) is 6.47. The zero-order valence-electron chi connectivity index (χ0n) is 10.8. The van der Waals surface area contributed by atoms with E-state index in [0.29, 0.717) is 6.54 Å². The lowest BCUT2D eigenvalue weighted by Gasteiger charge is -2.12. The van der Waals surface area contributed by atoms with E-state index in [2.05, 4.69) is 17.4 Å². The van der Waals surface area contributed by atoms with E-state index in [1.54, 1.807) is 24.3 Å². The van der Waals surface area contributed by atoms with E-state index in [4.69, 9.17) is 0 Å². The van der Waals surface area contributed by atoms with Crippen LogP contribution in [0.3, 0.4) is 0 Å². The Balaban J connectivity index is 1.72. The van der Waals surface area contributed by atoms with Crippen molar-refractivity contribution < 1.29 is 10.2 Å². The second-order valence-electron chi connectivity index (χ2n) is 4.55. The number of hydrogen-bond donors (Lipinski definition) is 3. The average molecular weight is 257 g/mol. The molecule has 1 atom stereocenters. The monoisotopic (exact) mass is 257 g/mol. The van der Waals surface area contributed by atoms with E-state index in [-0.39, 0.29) is 5.75 Å². The number of rotatable bonds is 6. The molecule has 3 N–H and O–H groups in total. The highest BCUT2D eigenvalue weighted by atomic mass is 16.3. The van der Waals surface area contributed by atoms with Crippen LogP contribution in [0.2, 0.25) is 0 Å². The number of aliphatic hydroxyl groups excluding tert-OH is 1. The molecule has 0 saturated carbocycles. The molecule has 0 bridgehead atoms. The minimum atomic E-state index is -0.545. The largest absolute Gasteiger partial charge is 0.508 e. The van der Waals surface area contributed by atoms with E-state index < -0.39 is 6.10 Å². The fraction of sp³-hybridized carbons (Fsp3) is 0.250. The Bertz CT molecular complexity index is 482. The summed E-state index contributed by atoms with van der Waals surface area (Å²) < 4.78 is 0. The van der Waals surface area contributed by atoms with Gasteiger partial charge in [-0.2, -0.15) is 0 Å². The number of benzene rings is 2. The van der Waals surface area contributed by atoms with Gasteiger partial charge in [0.2, 0.25) is 0 Å². The van der Waals surface area contributed by atoms with Gasteiger partial charge in [-0.05, 0) is 36.2 Å². The molecule has 1 unspecified atom stereocenters. The van der Waals surface area contributed by atoms with E-state index in [0.717, 1.165) is 18.5 Å². The Labute approximate surface area is 113 Å². The van der Waals surface area contributed by atoms with Gasteiger partial charge in [0.15, 0.2) is 0 Å². The van der Waals surface area contributed by atoms with Crippen LogP contribution in [0.25, 0.3) is 0 Å². The van der Waals surface area contributed by atoms with Gasteiger partial charge in [-0.25, -0.2) is 0 Å². The van der Waals surface area contributed by atoms with Gasteiger partial charge in [0.05, 0.1) is 6.10 Å². The summed E-state index contributed by atoms with van der Waals surface area (Å²) in [6.45, 7) is 1.34. The van der Waals surface area contributed by atoms with Crippen molar-refractivity contribution in [1.29, 1.82) is 0 Å². The molecule has 0 fully saturated rings. The Morgan fingerprint density at radius 3 is 2.32 bits per heavy atom. The molecule has 3 heteroatoms. The Morgan fingerprint density at radius 2 is 1.63 bits per heavy atom. The quantitative estimate of drug-likeness (QED) is 0.696. The normalized spacial score (nSPS) is 12.3. The van der Waals surface area contributed by atoms with Crippen LogP contribution >= 0.6 is 0 Å². The Morgan fingerprint density at radius 1 is 0.947 bits per heavy atom. The fourth-order valence-electron chi connectivity index (χ4n) is 1.93. The lowest BCUT2D eigenvalue weighted by Crippen LogP contribution is -2.23. The van der Waals surface area contributed by atoms with Crippen LogP contribution in [0, 0.1) is 0 Å². The number of aromatic hydroxyl groups is 1. The van der Waals surface area contributed by atoms with Gasteiger partial charge >= 0.3 is 0 Å². The average Bonchev–Trinajstić information content (AvgIpc) is 2.45. The van der Waals surface area contributed by atoms with Crippen LogP contribution in [0.4, 0.5) is 0 Å². The van der Waals surface area contributed by atoms with Crippen molar-refractivity contribution in [1.82, 2.24) is 5.32 Å². The SMILES string of the molecule is Oc1ccc(C(O)CNCCc2ccccc2)cc1. The molecule has 0 aliphatic heterocycles. The number of aliphatic hydroxyl groups is 1. The molecule has 0 saturated heterocycles. The van der Waals surface area contributed by atoms with Gasteiger partial charge in [0.25, 0.3) is 0 Å². The van der Waals surface area contributed by atoms with Gasteiger partial charge in [-0.15, -0.1) is 0 Å². The minimum Gasteiger partial charge on any atom is -0.508 e. The highest BCUT2D eigenvalue weighted by Gasteiger charge is 2.06. The van der Waals surface area contributed by atoms with Crippen LogP contribution in [-0.4, -0.2) is 23.3 Å². The van der Waals surface area contributed by atoms with E-state index in [1.807, 2.05) is 18.2 Å². The maximum absolute atomic E-state index is 9.96. The number of phenols is 1. The third-order valence-corrected chi connectivity index (χ3v) is 3.05. The molecule has 100 valence electrons. The topological polar surface area (TPSA) is 52.5 Å². The highest BCUT2D eigenvalue weighted by Crippen LogP contribution is 2.15. The Kier molecular flexibility index (Phi) is 4.95. The van der Waals surface area contributed by atoms with Gasteiger partial charge < -0.3 is 15.5 Å². The van der Waals surface area contributed by atoms with E-state index in [9.17, 15) is 10.2 Å². The molecule has 0 aliphatic carbocycles. The van der Waals surface area contributed by atoms with Crippen molar-refractivity contribution >= 4 is 0 Å². The first-order chi connectivity index (χ1) is 9.25. The molecule has 2 rings (SSSR count). The maximum atomic E-state index is 9.96. The number of phenolic OH excluding ortho intramolecular Hbond substituents is 1. The van der Waals surface area contributed by atoms with Crippen LogP contribution in [0.15, 0.2) is 54.6 Å². The van der Waals surface area contributed by atoms with E-state index in [1.165, 1.54) is 5.56 Å². The summed E-state index contributed by atoms with van der Waals surface area (Å²) in [6.07, 6.45) is 0.403. The zero-order chi connectivity index (χ0) is 13.5. The second kappa shape index (κ2) is 6.92. The lowest BCUT2D eigenvalue weighted by molar-refractivity contribution is 0.175. The molecule has 2 aromatic rings. The molecular formula is C16H19NO2. The summed E-state index contributed by atoms with van der Waals surface area (Å²) in [5.74, 6) is 0.216. The van der Waals surface area contributed by atoms with E-state index >= 15 is 0 Å². The summed E-state index contributed by atoms with van der Waals surface area (Å²) in [5, 5.41) is 22.4. The first kappa shape index (κ1) is 13.6. The van der Waals surface area contributed by atoms with Gasteiger partial charge in [0, 0.05) is 6.54 Å². The zero-order valence-corrected chi connectivity index (χ0v) is 10.8. The van der Waals surface area contributed by atoms with Crippen molar-refractivity contribution in [3.05, 3.63) is 65.7 Å². The predicted octanol–water partition coefficient (Wildman–Crippen LogP) is 2.26. The number of nitrogens with one attached hydrogen (secondary N) is 1. The molecule has 0 aliphatic rings. The third-order valence-electron chi connectivity index (χ3n) is 3.05. The standard InChI is InChI=1S/C16H19NO2/c18-15-8-6-14(7-9-15)16(19)12-17-11-10-13-4-2-1-3-5-13/h1-9,16-19H,10-12H2. The summed E-state index contributed by atoms with van der Waals surface area (Å²) in [7, 11) is 0. The molecule has 2 aromatic carbocycles. The molecule has 0 radical (unpaired) electrons. The molecule has 0 heterocycles. The second-order valence-corrected chi connectivity index (χ2v) is 4.55. The van der Waals surface area contributed by atoms with Crippen LogP contribution in [0.5, 0.6) is 5.75 Å². The minimum absolute atomic E-state index is 0.216. The smallest absolute Gasteiger partial charge is 0.115 e. The van der Waals surface area contributed by atoms with Crippen LogP contribution < -0.4 is 5.32 Å². The lowest BCUT2D eigenvalue weighted by atomic mass is 10.1. The molecule has 0 aromatic heterocycles. The number of hydrogen-bond acceptors (Lipinski definition) is 3. The molecule has 0 spiro atoms. The molecule has 0 amide bonds. The fourth-order valence-corrected chi connectivity index (χ4v) is 1.93. The van der Waals surface area contributed by atoms with Gasteiger partial charge in [0.1, 0.15) is 5.75 Å². The van der Waals surface area contributed by atoms with Crippen molar-refractivity contribution in [3.63, 3.8) is 0 Å². The van der Waals surface area contributed by atoms with Crippen LogP contribution in [-0.2, 0) is 6.42 Å². The van der Waals surface area contributed by atoms with Gasteiger partial charge in [-0.3, -0.25) is 0 Å². The van der Waals surface area contributed by atoms with Crippen molar-refractivity contribution in [3.8, 4) is 5.75 Å². The van der Waals surface area contributed by atoms with Crippen molar-refractivity contribution in [2.45, 2.75) is 12.5 Å². The first-order valence-corrected chi connectivity index (χ1v) is 6.47. The summed E-state index contributed by atoms with van der Waals surface area (Å²) in [4.78, 5) is 0. The predicted molar refractivity (Wildman–Crippen MR) is 76.1 cm³/mol. The summed E-state index contributed by atoms with van der Waals surface area (Å²) in [6, 6.07) is 16.9. The summed E-state index contributed by atoms with van der Waals surface area (Å²) in [5.41, 5.74) is 2.10. The summed E-state index contributed by atoms with van der Waals surface area (Å²) >= 11 is 0. The van der Waals surface area contributed by atoms with Crippen molar-refractivity contribution in [2.24, 2.45) is 0 Å². The highest BCUT2D eigenvalue weighted by molar-refractivity contribution is 5.27. The molecule has 3 nitrogen and oxygen atoms in total. The Hall–Kier alpha value is -1.84. The third kappa shape index (κ3) is 4.39. The maximum Gasteiger partial charge on any atom is 0.115 e. The van der Waals surface area contributed by atoms with Crippen LogP contribution in [0.1, 0.15) is 17.2 Å². The van der Waals surface area contributed by atoms with Gasteiger partial charge in [-0.1, -0.05) is 42.5 Å². The molecule has 19 heavy (non-hydrogen) atoms. The molecular weight excluding hydrogens is 238 g/mol.